The van der Waals surface area contributed by atoms with Crippen LogP contribution in [0.25, 0.3) is 0 Å². The van der Waals surface area contributed by atoms with Gasteiger partial charge in [0.15, 0.2) is 11.5 Å². The molecule has 1 aliphatic carbocycles. The van der Waals surface area contributed by atoms with Gasteiger partial charge in [0, 0.05) is 12.6 Å². The molecule has 3 heteroatoms. The summed E-state index contributed by atoms with van der Waals surface area (Å²) in [4.78, 5) is 0. The largest absolute Gasteiger partial charge is 0.493 e. The summed E-state index contributed by atoms with van der Waals surface area (Å²) < 4.78 is 10.9. The van der Waals surface area contributed by atoms with Gasteiger partial charge in [-0.05, 0) is 37.5 Å². The van der Waals surface area contributed by atoms with Crippen molar-refractivity contribution in [2.24, 2.45) is 0 Å². The molecule has 0 heterocycles. The number of hydrogen-bond acceptors (Lipinski definition) is 3. The van der Waals surface area contributed by atoms with Crippen molar-refractivity contribution in [1.29, 1.82) is 0 Å². The molecule has 1 aromatic rings. The molecule has 0 aromatic heterocycles. The number of ether oxygens (including phenoxy) is 2. The lowest BCUT2D eigenvalue weighted by Crippen LogP contribution is -2.27. The first-order valence-electron chi connectivity index (χ1n) is 7.86. The molecule has 0 amide bonds. The maximum absolute atomic E-state index is 5.63. The highest BCUT2D eigenvalue weighted by Gasteiger charge is 2.12. The predicted molar refractivity (Wildman–Crippen MR) is 82.5 cm³/mol. The van der Waals surface area contributed by atoms with Crippen molar-refractivity contribution in [3.05, 3.63) is 23.8 Å². The molecule has 1 N–H and O–H groups in total. The summed E-state index contributed by atoms with van der Waals surface area (Å²) in [5, 5.41) is 3.69. The third-order valence-electron chi connectivity index (χ3n) is 3.98. The highest BCUT2D eigenvalue weighted by atomic mass is 16.5. The van der Waals surface area contributed by atoms with Gasteiger partial charge in [-0.25, -0.2) is 0 Å². The van der Waals surface area contributed by atoms with Crippen LogP contribution in [0.15, 0.2) is 18.2 Å². The molecule has 0 radical (unpaired) electrons. The van der Waals surface area contributed by atoms with Gasteiger partial charge >= 0.3 is 0 Å². The van der Waals surface area contributed by atoms with Crippen LogP contribution in [0.2, 0.25) is 0 Å². The van der Waals surface area contributed by atoms with Gasteiger partial charge in [0.25, 0.3) is 0 Å². The summed E-state index contributed by atoms with van der Waals surface area (Å²) in [5.41, 5.74) is 1.26. The standard InChI is InChI=1S/C17H27NO2/c1-3-20-17-12-14(10-11-16(17)19-2)13-18-15-8-6-4-5-7-9-15/h10-12,15,18H,3-9,13H2,1-2H3. The molecule has 2 rings (SSSR count). The lowest BCUT2D eigenvalue weighted by atomic mass is 10.1. The fourth-order valence-corrected chi connectivity index (χ4v) is 2.85. The molecule has 0 unspecified atom stereocenters. The van der Waals surface area contributed by atoms with Crippen LogP contribution >= 0.6 is 0 Å². The van der Waals surface area contributed by atoms with Gasteiger partial charge in [0.2, 0.25) is 0 Å². The topological polar surface area (TPSA) is 30.5 Å². The van der Waals surface area contributed by atoms with Crippen LogP contribution in [0.4, 0.5) is 0 Å². The molecule has 0 saturated heterocycles. The van der Waals surface area contributed by atoms with E-state index < -0.39 is 0 Å². The first-order valence-corrected chi connectivity index (χ1v) is 7.86. The second-order valence-electron chi connectivity index (χ2n) is 5.49. The Balaban J connectivity index is 1.93. The molecule has 0 bridgehead atoms. The van der Waals surface area contributed by atoms with Crippen molar-refractivity contribution >= 4 is 0 Å². The first-order chi connectivity index (χ1) is 9.83. The van der Waals surface area contributed by atoms with E-state index in [1.807, 2.05) is 13.0 Å². The summed E-state index contributed by atoms with van der Waals surface area (Å²) in [7, 11) is 1.68. The van der Waals surface area contributed by atoms with Crippen molar-refractivity contribution in [3.8, 4) is 11.5 Å². The Labute approximate surface area is 122 Å². The summed E-state index contributed by atoms with van der Waals surface area (Å²) >= 11 is 0. The van der Waals surface area contributed by atoms with Gasteiger partial charge < -0.3 is 14.8 Å². The Morgan fingerprint density at radius 2 is 1.85 bits per heavy atom. The van der Waals surface area contributed by atoms with Crippen LogP contribution in [0, 0.1) is 0 Å². The highest BCUT2D eigenvalue weighted by Crippen LogP contribution is 2.28. The molecule has 1 aromatic carbocycles. The quantitative estimate of drug-likeness (QED) is 0.800. The number of rotatable bonds is 6. The van der Waals surface area contributed by atoms with E-state index >= 15 is 0 Å². The molecule has 0 spiro atoms. The molecule has 0 aliphatic heterocycles. The molecule has 20 heavy (non-hydrogen) atoms. The SMILES string of the molecule is CCOc1cc(CNC2CCCCCC2)ccc1OC. The fourth-order valence-electron chi connectivity index (χ4n) is 2.85. The third kappa shape index (κ3) is 4.41. The zero-order valence-corrected chi connectivity index (χ0v) is 12.8. The Morgan fingerprint density at radius 1 is 1.10 bits per heavy atom. The van der Waals surface area contributed by atoms with Crippen molar-refractivity contribution in [1.82, 2.24) is 5.32 Å². The minimum absolute atomic E-state index is 0.663. The van der Waals surface area contributed by atoms with E-state index in [-0.39, 0.29) is 0 Å². The monoisotopic (exact) mass is 277 g/mol. The van der Waals surface area contributed by atoms with E-state index in [1.165, 1.54) is 44.1 Å². The molecular weight excluding hydrogens is 250 g/mol. The molecule has 3 nitrogen and oxygen atoms in total. The predicted octanol–water partition coefficient (Wildman–Crippen LogP) is 3.91. The number of benzene rings is 1. The van der Waals surface area contributed by atoms with Crippen molar-refractivity contribution in [2.45, 2.75) is 58.0 Å². The van der Waals surface area contributed by atoms with Crippen molar-refractivity contribution in [3.63, 3.8) is 0 Å². The molecular formula is C17H27NO2. The van der Waals surface area contributed by atoms with Gasteiger partial charge in [-0.2, -0.15) is 0 Å². The van der Waals surface area contributed by atoms with Gasteiger partial charge in [0.1, 0.15) is 0 Å². The van der Waals surface area contributed by atoms with Crippen LogP contribution in [0.5, 0.6) is 11.5 Å². The van der Waals surface area contributed by atoms with E-state index in [0.29, 0.717) is 12.6 Å². The molecule has 1 fully saturated rings. The van der Waals surface area contributed by atoms with Crippen LogP contribution in [-0.4, -0.2) is 19.8 Å². The van der Waals surface area contributed by atoms with E-state index in [9.17, 15) is 0 Å². The Morgan fingerprint density at radius 3 is 2.50 bits per heavy atom. The molecule has 1 aliphatic rings. The summed E-state index contributed by atoms with van der Waals surface area (Å²) in [6.45, 7) is 3.57. The van der Waals surface area contributed by atoms with E-state index in [4.69, 9.17) is 9.47 Å². The fraction of sp³-hybridized carbons (Fsp3) is 0.647. The second kappa shape index (κ2) is 8.15. The molecule has 0 atom stereocenters. The van der Waals surface area contributed by atoms with Crippen LogP contribution < -0.4 is 14.8 Å². The average molecular weight is 277 g/mol. The van der Waals surface area contributed by atoms with Gasteiger partial charge in [-0.1, -0.05) is 31.7 Å². The lowest BCUT2D eigenvalue weighted by Gasteiger charge is -2.17. The zero-order chi connectivity index (χ0) is 14.2. The van der Waals surface area contributed by atoms with Crippen LogP contribution in [0.3, 0.4) is 0 Å². The highest BCUT2D eigenvalue weighted by molar-refractivity contribution is 5.42. The third-order valence-corrected chi connectivity index (χ3v) is 3.98. The first kappa shape index (κ1) is 15.2. The minimum atomic E-state index is 0.663. The van der Waals surface area contributed by atoms with Gasteiger partial charge in [0.05, 0.1) is 13.7 Å². The van der Waals surface area contributed by atoms with Crippen molar-refractivity contribution < 1.29 is 9.47 Å². The Bertz CT molecular complexity index is 398. The molecule has 1 saturated carbocycles. The van der Waals surface area contributed by atoms with Crippen LogP contribution in [-0.2, 0) is 6.54 Å². The number of hydrogen-bond donors (Lipinski definition) is 1. The molecule has 112 valence electrons. The van der Waals surface area contributed by atoms with Gasteiger partial charge in [-0.15, -0.1) is 0 Å². The number of nitrogens with one attached hydrogen (secondary N) is 1. The average Bonchev–Trinajstić information content (AvgIpc) is 2.74. The Hall–Kier alpha value is -1.22. The summed E-state index contributed by atoms with van der Waals surface area (Å²) in [5.74, 6) is 1.65. The maximum atomic E-state index is 5.63. The van der Waals surface area contributed by atoms with E-state index in [0.717, 1.165) is 18.0 Å². The maximum Gasteiger partial charge on any atom is 0.161 e. The number of methoxy groups -OCH3 is 1. The lowest BCUT2D eigenvalue weighted by molar-refractivity contribution is 0.310. The zero-order valence-electron chi connectivity index (χ0n) is 12.8. The normalized spacial score (nSPS) is 16.7. The Kier molecular flexibility index (Phi) is 6.19. The van der Waals surface area contributed by atoms with E-state index in [1.54, 1.807) is 7.11 Å². The summed E-state index contributed by atoms with van der Waals surface area (Å²) in [6, 6.07) is 6.88. The second-order valence-corrected chi connectivity index (χ2v) is 5.49. The summed E-state index contributed by atoms with van der Waals surface area (Å²) in [6.07, 6.45) is 8.16. The van der Waals surface area contributed by atoms with Crippen LogP contribution in [0.1, 0.15) is 51.0 Å². The van der Waals surface area contributed by atoms with Gasteiger partial charge in [-0.3, -0.25) is 0 Å². The van der Waals surface area contributed by atoms with Crippen molar-refractivity contribution in [2.75, 3.05) is 13.7 Å². The van der Waals surface area contributed by atoms with E-state index in [2.05, 4.69) is 17.4 Å². The minimum Gasteiger partial charge on any atom is -0.493 e. The smallest absolute Gasteiger partial charge is 0.161 e.